The molecule has 0 aliphatic heterocycles. The van der Waals surface area contributed by atoms with E-state index in [4.69, 9.17) is 11.6 Å². The molecule has 0 unspecified atom stereocenters. The first-order valence-electron chi connectivity index (χ1n) is 6.43. The Morgan fingerprint density at radius 3 is 2.81 bits per heavy atom. The molecule has 21 heavy (non-hydrogen) atoms. The Bertz CT molecular complexity index is 833. The van der Waals surface area contributed by atoms with Gasteiger partial charge in [-0.3, -0.25) is 9.78 Å². The monoisotopic (exact) mass is 297 g/mol. The number of fused-ring (bicyclic) bond motifs is 1. The molecular weight excluding hydrogens is 286 g/mol. The van der Waals surface area contributed by atoms with Crippen molar-refractivity contribution in [1.82, 2.24) is 9.97 Å². The number of halogens is 1. The van der Waals surface area contributed by atoms with Gasteiger partial charge in [0.2, 0.25) is 0 Å². The van der Waals surface area contributed by atoms with Gasteiger partial charge in [-0.05, 0) is 31.2 Å². The summed E-state index contributed by atoms with van der Waals surface area (Å²) in [7, 11) is 0. The molecule has 0 aliphatic rings. The molecule has 0 saturated heterocycles. The summed E-state index contributed by atoms with van der Waals surface area (Å²) < 4.78 is 0. The fourth-order valence-corrected chi connectivity index (χ4v) is 2.33. The van der Waals surface area contributed by atoms with Gasteiger partial charge in [0.1, 0.15) is 5.69 Å². The standard InChI is InChI=1S/C16H12ClN3O/c1-10-8-11(6-7-18-10)19-16(21)15-9-13(17)12-4-2-3-5-14(12)20-15/h2-9H,1H3,(H,18,19,21). The second-order valence-electron chi connectivity index (χ2n) is 4.65. The maximum Gasteiger partial charge on any atom is 0.274 e. The highest BCUT2D eigenvalue weighted by Crippen LogP contribution is 2.23. The molecule has 1 aromatic carbocycles. The number of carbonyl (C=O) groups excluding carboxylic acids is 1. The molecule has 2 aromatic heterocycles. The third-order valence-electron chi connectivity index (χ3n) is 3.05. The van der Waals surface area contributed by atoms with Crippen LogP contribution in [-0.2, 0) is 0 Å². The molecule has 1 N–H and O–H groups in total. The van der Waals surface area contributed by atoms with E-state index in [1.807, 2.05) is 31.2 Å². The zero-order valence-electron chi connectivity index (χ0n) is 11.3. The van der Waals surface area contributed by atoms with Gasteiger partial charge in [0.15, 0.2) is 0 Å². The predicted octanol–water partition coefficient (Wildman–Crippen LogP) is 3.84. The molecule has 1 amide bonds. The van der Waals surface area contributed by atoms with Crippen molar-refractivity contribution < 1.29 is 4.79 Å². The molecular formula is C16H12ClN3O. The van der Waals surface area contributed by atoms with Crippen LogP contribution in [0.15, 0.2) is 48.7 Å². The van der Waals surface area contributed by atoms with Gasteiger partial charge < -0.3 is 5.32 Å². The van der Waals surface area contributed by atoms with E-state index in [9.17, 15) is 4.79 Å². The summed E-state index contributed by atoms with van der Waals surface area (Å²) in [5.74, 6) is -0.298. The summed E-state index contributed by atoms with van der Waals surface area (Å²) in [6, 6.07) is 12.5. The topological polar surface area (TPSA) is 54.9 Å². The number of anilines is 1. The van der Waals surface area contributed by atoms with Crippen molar-refractivity contribution in [2.75, 3.05) is 5.32 Å². The minimum atomic E-state index is -0.298. The molecule has 3 rings (SSSR count). The van der Waals surface area contributed by atoms with Gasteiger partial charge in [0.05, 0.1) is 10.5 Å². The van der Waals surface area contributed by atoms with Crippen LogP contribution in [0.5, 0.6) is 0 Å². The largest absolute Gasteiger partial charge is 0.321 e. The minimum Gasteiger partial charge on any atom is -0.321 e. The first kappa shape index (κ1) is 13.5. The smallest absolute Gasteiger partial charge is 0.274 e. The summed E-state index contributed by atoms with van der Waals surface area (Å²) in [6.45, 7) is 1.86. The average molecular weight is 298 g/mol. The van der Waals surface area contributed by atoms with Crippen LogP contribution in [0.25, 0.3) is 10.9 Å². The Hall–Kier alpha value is -2.46. The zero-order chi connectivity index (χ0) is 14.8. The molecule has 0 atom stereocenters. The predicted molar refractivity (Wildman–Crippen MR) is 83.7 cm³/mol. The Morgan fingerprint density at radius 2 is 2.00 bits per heavy atom. The Morgan fingerprint density at radius 1 is 1.19 bits per heavy atom. The van der Waals surface area contributed by atoms with E-state index in [-0.39, 0.29) is 11.6 Å². The molecule has 104 valence electrons. The fraction of sp³-hybridized carbons (Fsp3) is 0.0625. The van der Waals surface area contributed by atoms with Gasteiger partial charge in [-0.1, -0.05) is 29.8 Å². The van der Waals surface area contributed by atoms with Crippen LogP contribution in [0.2, 0.25) is 5.02 Å². The Labute approximate surface area is 126 Å². The van der Waals surface area contributed by atoms with Gasteiger partial charge in [-0.15, -0.1) is 0 Å². The van der Waals surface area contributed by atoms with Crippen molar-refractivity contribution in [2.45, 2.75) is 6.92 Å². The van der Waals surface area contributed by atoms with Crippen molar-refractivity contribution in [3.8, 4) is 0 Å². The lowest BCUT2D eigenvalue weighted by Crippen LogP contribution is -2.14. The highest BCUT2D eigenvalue weighted by atomic mass is 35.5. The minimum absolute atomic E-state index is 0.285. The zero-order valence-corrected chi connectivity index (χ0v) is 12.1. The number of hydrogen-bond donors (Lipinski definition) is 1. The molecule has 3 aromatic rings. The summed E-state index contributed by atoms with van der Waals surface area (Å²) in [5.41, 5.74) is 2.49. The fourth-order valence-electron chi connectivity index (χ4n) is 2.07. The molecule has 0 radical (unpaired) electrons. The lowest BCUT2D eigenvalue weighted by Gasteiger charge is -2.07. The highest BCUT2D eigenvalue weighted by molar-refractivity contribution is 6.35. The molecule has 4 nitrogen and oxygen atoms in total. The number of nitrogens with one attached hydrogen (secondary N) is 1. The van der Waals surface area contributed by atoms with E-state index in [0.717, 1.165) is 11.1 Å². The number of aromatic nitrogens is 2. The van der Waals surface area contributed by atoms with Crippen molar-refractivity contribution >= 4 is 34.1 Å². The number of aryl methyl sites for hydroxylation is 1. The van der Waals surface area contributed by atoms with Crippen molar-refractivity contribution in [3.63, 3.8) is 0 Å². The van der Waals surface area contributed by atoms with Crippen LogP contribution in [0.3, 0.4) is 0 Å². The third kappa shape index (κ3) is 2.85. The maximum atomic E-state index is 12.3. The molecule has 0 bridgehead atoms. The quantitative estimate of drug-likeness (QED) is 0.782. The van der Waals surface area contributed by atoms with Gasteiger partial charge >= 0.3 is 0 Å². The van der Waals surface area contributed by atoms with Crippen LogP contribution in [0.1, 0.15) is 16.2 Å². The molecule has 5 heteroatoms. The molecule has 0 saturated carbocycles. The maximum absolute atomic E-state index is 12.3. The molecule has 0 aliphatic carbocycles. The van der Waals surface area contributed by atoms with Crippen LogP contribution in [-0.4, -0.2) is 15.9 Å². The van der Waals surface area contributed by atoms with E-state index in [1.54, 1.807) is 24.4 Å². The number of carbonyl (C=O) groups is 1. The highest BCUT2D eigenvalue weighted by Gasteiger charge is 2.11. The second kappa shape index (κ2) is 5.50. The van der Waals surface area contributed by atoms with E-state index in [1.165, 1.54) is 0 Å². The third-order valence-corrected chi connectivity index (χ3v) is 3.37. The van der Waals surface area contributed by atoms with Gasteiger partial charge in [-0.2, -0.15) is 0 Å². The van der Waals surface area contributed by atoms with Crippen LogP contribution >= 0.6 is 11.6 Å². The number of hydrogen-bond acceptors (Lipinski definition) is 3. The first-order valence-corrected chi connectivity index (χ1v) is 6.80. The van der Waals surface area contributed by atoms with Crippen LogP contribution < -0.4 is 5.32 Å². The average Bonchev–Trinajstić information content (AvgIpc) is 2.47. The second-order valence-corrected chi connectivity index (χ2v) is 5.05. The number of nitrogens with zero attached hydrogens (tertiary/aromatic N) is 2. The number of rotatable bonds is 2. The molecule has 0 fully saturated rings. The summed E-state index contributed by atoms with van der Waals surface area (Å²) in [4.78, 5) is 20.7. The molecule has 2 heterocycles. The van der Waals surface area contributed by atoms with Crippen LogP contribution in [0.4, 0.5) is 5.69 Å². The van der Waals surface area contributed by atoms with Gasteiger partial charge in [0.25, 0.3) is 5.91 Å². The number of amides is 1. The SMILES string of the molecule is Cc1cc(NC(=O)c2cc(Cl)c3ccccc3n2)ccn1. The van der Waals surface area contributed by atoms with E-state index >= 15 is 0 Å². The summed E-state index contributed by atoms with van der Waals surface area (Å²) >= 11 is 6.20. The lowest BCUT2D eigenvalue weighted by atomic mass is 10.2. The summed E-state index contributed by atoms with van der Waals surface area (Å²) in [5, 5.41) is 4.13. The number of pyridine rings is 2. The van der Waals surface area contributed by atoms with Crippen molar-refractivity contribution in [3.05, 3.63) is 65.1 Å². The Kier molecular flexibility index (Phi) is 3.54. The normalized spacial score (nSPS) is 10.6. The lowest BCUT2D eigenvalue weighted by molar-refractivity contribution is 0.102. The van der Waals surface area contributed by atoms with E-state index < -0.39 is 0 Å². The number of benzene rings is 1. The van der Waals surface area contributed by atoms with E-state index in [0.29, 0.717) is 16.2 Å². The van der Waals surface area contributed by atoms with Crippen molar-refractivity contribution in [2.24, 2.45) is 0 Å². The molecule has 0 spiro atoms. The van der Waals surface area contributed by atoms with Gasteiger partial charge in [0, 0.05) is 23.0 Å². The van der Waals surface area contributed by atoms with Crippen LogP contribution in [0, 0.1) is 6.92 Å². The van der Waals surface area contributed by atoms with E-state index in [2.05, 4.69) is 15.3 Å². The van der Waals surface area contributed by atoms with Gasteiger partial charge in [-0.25, -0.2) is 4.98 Å². The van der Waals surface area contributed by atoms with Crippen molar-refractivity contribution in [1.29, 1.82) is 0 Å². The first-order chi connectivity index (χ1) is 10.1. The number of para-hydroxylation sites is 1. The summed E-state index contributed by atoms with van der Waals surface area (Å²) in [6.07, 6.45) is 1.64. The Balaban J connectivity index is 1.94.